The van der Waals surface area contributed by atoms with Gasteiger partial charge in [0.25, 0.3) is 0 Å². The van der Waals surface area contributed by atoms with Gasteiger partial charge in [-0.05, 0) is 36.5 Å². The summed E-state index contributed by atoms with van der Waals surface area (Å²) in [6, 6.07) is 0. The van der Waals surface area contributed by atoms with Crippen molar-refractivity contribution in [3.63, 3.8) is 0 Å². The first-order valence-corrected chi connectivity index (χ1v) is 5.75. The van der Waals surface area contributed by atoms with Crippen LogP contribution in [-0.2, 0) is 9.59 Å². The molecular formula is C12H14O4. The van der Waals surface area contributed by atoms with Gasteiger partial charge in [0.2, 0.25) is 0 Å². The van der Waals surface area contributed by atoms with Crippen molar-refractivity contribution < 1.29 is 19.8 Å². The second-order valence-corrected chi connectivity index (χ2v) is 5.17. The van der Waals surface area contributed by atoms with Gasteiger partial charge >= 0.3 is 11.9 Å². The first-order chi connectivity index (χ1) is 7.61. The number of hydrogen-bond acceptors (Lipinski definition) is 2. The fraction of sp³-hybridized carbons (Fsp3) is 0.667. The van der Waals surface area contributed by atoms with Crippen LogP contribution in [0.3, 0.4) is 0 Å². The summed E-state index contributed by atoms with van der Waals surface area (Å²) in [4.78, 5) is 22.5. The van der Waals surface area contributed by atoms with E-state index in [9.17, 15) is 19.8 Å². The lowest BCUT2D eigenvalue weighted by atomic mass is 9.46. The SMILES string of the molecule is O=C(O)[C@@H]1[C@H]2C=C[C@@H]([C@@H]3CC[C@@H]23)[C@H]1C(=O)O. The maximum Gasteiger partial charge on any atom is 0.308 e. The van der Waals surface area contributed by atoms with E-state index in [0.717, 1.165) is 12.8 Å². The number of carboxylic acids is 2. The Labute approximate surface area is 93.0 Å². The molecule has 0 aromatic carbocycles. The molecule has 0 amide bonds. The minimum absolute atomic E-state index is 0.0534. The summed E-state index contributed by atoms with van der Waals surface area (Å²) in [6.07, 6.45) is 6.02. The Morgan fingerprint density at radius 2 is 1.25 bits per heavy atom. The van der Waals surface area contributed by atoms with E-state index in [1.54, 1.807) is 0 Å². The molecule has 0 aromatic heterocycles. The molecule has 0 radical (unpaired) electrons. The molecule has 4 nitrogen and oxygen atoms in total. The van der Waals surface area contributed by atoms with E-state index in [0.29, 0.717) is 11.8 Å². The molecule has 4 heteroatoms. The van der Waals surface area contributed by atoms with Crippen molar-refractivity contribution in [3.05, 3.63) is 12.2 Å². The molecule has 0 saturated heterocycles. The zero-order chi connectivity index (χ0) is 11.4. The zero-order valence-corrected chi connectivity index (χ0v) is 8.74. The predicted molar refractivity (Wildman–Crippen MR) is 54.6 cm³/mol. The van der Waals surface area contributed by atoms with E-state index in [2.05, 4.69) is 0 Å². The van der Waals surface area contributed by atoms with Gasteiger partial charge in [-0.25, -0.2) is 0 Å². The Hall–Kier alpha value is -1.32. The molecule has 16 heavy (non-hydrogen) atoms. The number of carbonyl (C=O) groups is 2. The lowest BCUT2D eigenvalue weighted by Crippen LogP contribution is -2.56. The van der Waals surface area contributed by atoms with Crippen LogP contribution in [0, 0.1) is 35.5 Å². The maximum absolute atomic E-state index is 11.2. The van der Waals surface area contributed by atoms with Gasteiger partial charge in [-0.2, -0.15) is 0 Å². The molecule has 2 N–H and O–H groups in total. The molecule has 0 spiro atoms. The first kappa shape index (κ1) is 9.87. The summed E-state index contributed by atoms with van der Waals surface area (Å²) in [5, 5.41) is 18.4. The van der Waals surface area contributed by atoms with E-state index >= 15 is 0 Å². The van der Waals surface area contributed by atoms with Crippen LogP contribution in [0.15, 0.2) is 12.2 Å². The fourth-order valence-electron chi connectivity index (χ4n) is 3.94. The van der Waals surface area contributed by atoms with Crippen molar-refractivity contribution in [3.8, 4) is 0 Å². The van der Waals surface area contributed by atoms with Crippen LogP contribution in [0.25, 0.3) is 0 Å². The van der Waals surface area contributed by atoms with Crippen molar-refractivity contribution >= 4 is 11.9 Å². The van der Waals surface area contributed by atoms with E-state index in [1.165, 1.54) is 0 Å². The minimum Gasteiger partial charge on any atom is -0.481 e. The van der Waals surface area contributed by atoms with Crippen LogP contribution in [0.5, 0.6) is 0 Å². The molecule has 0 aliphatic heterocycles. The number of aliphatic carboxylic acids is 2. The standard InChI is InChI=1S/C12H14O4/c13-11(14)9-7-3-4-8(10(9)12(15)16)6-2-1-5(6)7/h3-10H,1-2H2,(H,13,14)(H,15,16)/t5-,6-,7+,8+,9-,10-/m1/s1. The lowest BCUT2D eigenvalue weighted by molar-refractivity contribution is -0.170. The molecule has 2 saturated carbocycles. The molecule has 86 valence electrons. The van der Waals surface area contributed by atoms with Gasteiger partial charge in [-0.3, -0.25) is 9.59 Å². The van der Waals surface area contributed by atoms with Gasteiger partial charge in [0, 0.05) is 0 Å². The Morgan fingerprint density at radius 1 is 0.875 bits per heavy atom. The Kier molecular flexibility index (Phi) is 1.91. The number of fused-ring (bicyclic) bond motifs is 1. The summed E-state index contributed by atoms with van der Waals surface area (Å²) < 4.78 is 0. The molecule has 6 atom stereocenters. The highest BCUT2D eigenvalue weighted by molar-refractivity contribution is 5.82. The third-order valence-corrected chi connectivity index (χ3v) is 4.71. The van der Waals surface area contributed by atoms with Crippen molar-refractivity contribution in [2.45, 2.75) is 12.8 Å². The topological polar surface area (TPSA) is 74.6 Å². The van der Waals surface area contributed by atoms with Gasteiger partial charge < -0.3 is 10.2 Å². The van der Waals surface area contributed by atoms with Crippen molar-refractivity contribution in [1.82, 2.24) is 0 Å². The van der Waals surface area contributed by atoms with E-state index in [-0.39, 0.29) is 11.8 Å². The highest BCUT2D eigenvalue weighted by Crippen LogP contribution is 2.59. The summed E-state index contributed by atoms with van der Waals surface area (Å²) in [5.74, 6) is -2.58. The van der Waals surface area contributed by atoms with Gasteiger partial charge in [-0.15, -0.1) is 0 Å². The number of allylic oxidation sites excluding steroid dienone is 2. The normalized spacial score (nSPS) is 48.2. The van der Waals surface area contributed by atoms with Gasteiger partial charge in [0.15, 0.2) is 0 Å². The van der Waals surface area contributed by atoms with Crippen molar-refractivity contribution in [2.75, 3.05) is 0 Å². The highest BCUT2D eigenvalue weighted by atomic mass is 16.4. The van der Waals surface area contributed by atoms with E-state index < -0.39 is 23.8 Å². The van der Waals surface area contributed by atoms with Gasteiger partial charge in [0.1, 0.15) is 0 Å². The number of hydrogen-bond donors (Lipinski definition) is 2. The molecule has 0 unspecified atom stereocenters. The largest absolute Gasteiger partial charge is 0.481 e. The molecule has 0 aromatic rings. The molecule has 0 heterocycles. The smallest absolute Gasteiger partial charge is 0.308 e. The summed E-state index contributed by atoms with van der Waals surface area (Å²) in [7, 11) is 0. The molecule has 4 aliphatic rings. The number of carboxylic acid groups (broad SMARTS) is 2. The predicted octanol–water partition coefficient (Wildman–Crippen LogP) is 1.23. The van der Waals surface area contributed by atoms with Crippen LogP contribution < -0.4 is 0 Å². The van der Waals surface area contributed by atoms with Crippen molar-refractivity contribution in [1.29, 1.82) is 0 Å². The second kappa shape index (κ2) is 3.09. The number of rotatable bonds is 2. The summed E-state index contributed by atoms with van der Waals surface area (Å²) in [5.41, 5.74) is 0. The average molecular weight is 222 g/mol. The summed E-state index contributed by atoms with van der Waals surface area (Å²) >= 11 is 0. The highest BCUT2D eigenvalue weighted by Gasteiger charge is 2.59. The first-order valence-electron chi connectivity index (χ1n) is 5.75. The fourth-order valence-corrected chi connectivity index (χ4v) is 3.94. The minimum atomic E-state index is -0.947. The molecule has 4 aliphatic carbocycles. The molecule has 2 bridgehead atoms. The monoisotopic (exact) mass is 222 g/mol. The van der Waals surface area contributed by atoms with Crippen LogP contribution in [-0.4, -0.2) is 22.2 Å². The molecule has 2 fully saturated rings. The van der Waals surface area contributed by atoms with Crippen LogP contribution in [0.2, 0.25) is 0 Å². The molecular weight excluding hydrogens is 208 g/mol. The second-order valence-electron chi connectivity index (χ2n) is 5.17. The van der Waals surface area contributed by atoms with Crippen LogP contribution in [0.4, 0.5) is 0 Å². The third-order valence-electron chi connectivity index (χ3n) is 4.71. The Morgan fingerprint density at radius 3 is 1.50 bits per heavy atom. The van der Waals surface area contributed by atoms with Crippen molar-refractivity contribution in [2.24, 2.45) is 35.5 Å². The van der Waals surface area contributed by atoms with E-state index in [1.807, 2.05) is 12.2 Å². The Bertz CT molecular complexity index is 350. The lowest BCUT2D eigenvalue weighted by Gasteiger charge is -2.56. The van der Waals surface area contributed by atoms with Gasteiger partial charge in [-0.1, -0.05) is 12.2 Å². The maximum atomic E-state index is 11.2. The van der Waals surface area contributed by atoms with Crippen LogP contribution >= 0.6 is 0 Å². The summed E-state index contributed by atoms with van der Waals surface area (Å²) in [6.45, 7) is 0. The Balaban J connectivity index is 2.02. The van der Waals surface area contributed by atoms with Gasteiger partial charge in [0.05, 0.1) is 11.8 Å². The third kappa shape index (κ3) is 1.05. The van der Waals surface area contributed by atoms with Crippen LogP contribution in [0.1, 0.15) is 12.8 Å². The zero-order valence-electron chi connectivity index (χ0n) is 8.74. The molecule has 4 rings (SSSR count). The quantitative estimate of drug-likeness (QED) is 0.689. The van der Waals surface area contributed by atoms with E-state index in [4.69, 9.17) is 0 Å². The average Bonchev–Trinajstić information content (AvgIpc) is 2.15.